The monoisotopic (exact) mass is 279 g/mol. The molecule has 1 N–H and O–H groups in total. The topological polar surface area (TPSA) is 18.5 Å². The molecule has 0 bridgehead atoms. The van der Waals surface area contributed by atoms with Crippen molar-refractivity contribution >= 4 is 5.69 Å². The summed E-state index contributed by atoms with van der Waals surface area (Å²) in [5.41, 5.74) is 1.74. The Bertz CT molecular complexity index is 428. The normalized spacial score (nSPS) is 18.3. The van der Waals surface area contributed by atoms with Crippen molar-refractivity contribution in [3.8, 4) is 0 Å². The number of hydrogen-bond donors (Lipinski definition) is 1. The van der Waals surface area contributed by atoms with Crippen LogP contribution in [0.1, 0.15) is 25.8 Å². The summed E-state index contributed by atoms with van der Waals surface area (Å²) in [5, 5.41) is 3.05. The molecule has 1 atom stereocenters. The summed E-state index contributed by atoms with van der Waals surface area (Å²) in [5.74, 6) is -0.102. The van der Waals surface area contributed by atoms with Gasteiger partial charge in [0.1, 0.15) is 5.82 Å². The summed E-state index contributed by atoms with van der Waals surface area (Å²) < 4.78 is 14.2. The van der Waals surface area contributed by atoms with E-state index in [1.807, 2.05) is 19.2 Å². The number of halogens is 1. The molecule has 4 heteroatoms. The molecule has 1 aliphatic rings. The lowest BCUT2D eigenvalue weighted by atomic mass is 10.1. The lowest BCUT2D eigenvalue weighted by molar-refractivity contribution is 0.192. The Labute approximate surface area is 121 Å². The maximum atomic E-state index is 14.2. The fourth-order valence-corrected chi connectivity index (χ4v) is 2.78. The Morgan fingerprint density at radius 1 is 1.25 bits per heavy atom. The Hall–Kier alpha value is -1.13. The van der Waals surface area contributed by atoms with Gasteiger partial charge in [0.05, 0.1) is 5.69 Å². The fourth-order valence-electron chi connectivity index (χ4n) is 2.78. The van der Waals surface area contributed by atoms with Crippen LogP contribution in [0.15, 0.2) is 18.2 Å². The number of nitrogens with one attached hydrogen (secondary N) is 1. The van der Waals surface area contributed by atoms with Crippen LogP contribution in [0.5, 0.6) is 0 Å². The summed E-state index contributed by atoms with van der Waals surface area (Å²) in [6.45, 7) is 9.05. The molecule has 0 radical (unpaired) electrons. The van der Waals surface area contributed by atoms with Crippen molar-refractivity contribution in [2.45, 2.75) is 32.9 Å². The third kappa shape index (κ3) is 3.49. The van der Waals surface area contributed by atoms with Gasteiger partial charge in [0.25, 0.3) is 0 Å². The van der Waals surface area contributed by atoms with Gasteiger partial charge < -0.3 is 10.2 Å². The van der Waals surface area contributed by atoms with Gasteiger partial charge in [-0.3, -0.25) is 4.90 Å². The van der Waals surface area contributed by atoms with E-state index < -0.39 is 0 Å². The summed E-state index contributed by atoms with van der Waals surface area (Å²) >= 11 is 0. The maximum Gasteiger partial charge on any atom is 0.146 e. The molecule has 0 amide bonds. The number of benzene rings is 1. The zero-order valence-corrected chi connectivity index (χ0v) is 12.8. The Kier molecular flexibility index (Phi) is 5.38. The first-order valence-corrected chi connectivity index (χ1v) is 7.57. The van der Waals surface area contributed by atoms with Crippen molar-refractivity contribution in [3.05, 3.63) is 29.6 Å². The van der Waals surface area contributed by atoms with Crippen molar-refractivity contribution in [1.29, 1.82) is 0 Å². The maximum absolute atomic E-state index is 14.2. The first-order valence-electron chi connectivity index (χ1n) is 7.57. The summed E-state index contributed by atoms with van der Waals surface area (Å²) in [4.78, 5) is 4.65. The highest BCUT2D eigenvalue weighted by Gasteiger charge is 2.21. The van der Waals surface area contributed by atoms with Gasteiger partial charge in [-0.2, -0.15) is 0 Å². The van der Waals surface area contributed by atoms with E-state index in [1.165, 1.54) is 6.42 Å². The van der Waals surface area contributed by atoms with Gasteiger partial charge >= 0.3 is 0 Å². The van der Waals surface area contributed by atoms with Crippen LogP contribution in [0.3, 0.4) is 0 Å². The number of rotatable bonds is 5. The van der Waals surface area contributed by atoms with E-state index in [1.54, 1.807) is 6.07 Å². The van der Waals surface area contributed by atoms with Gasteiger partial charge in [0.2, 0.25) is 0 Å². The van der Waals surface area contributed by atoms with E-state index >= 15 is 0 Å². The molecule has 0 aromatic heterocycles. The summed E-state index contributed by atoms with van der Waals surface area (Å²) in [7, 11) is 1.87. The zero-order valence-electron chi connectivity index (χ0n) is 12.8. The quantitative estimate of drug-likeness (QED) is 0.893. The average molecular weight is 279 g/mol. The molecule has 1 aromatic carbocycles. The van der Waals surface area contributed by atoms with Crippen molar-refractivity contribution in [1.82, 2.24) is 10.2 Å². The van der Waals surface area contributed by atoms with Gasteiger partial charge in [0, 0.05) is 38.8 Å². The van der Waals surface area contributed by atoms with Gasteiger partial charge in [-0.1, -0.05) is 13.0 Å². The van der Waals surface area contributed by atoms with Crippen molar-refractivity contribution < 1.29 is 4.39 Å². The van der Waals surface area contributed by atoms with Crippen molar-refractivity contribution in [2.24, 2.45) is 0 Å². The third-order valence-electron chi connectivity index (χ3n) is 4.26. The average Bonchev–Trinajstić information content (AvgIpc) is 2.47. The van der Waals surface area contributed by atoms with E-state index in [9.17, 15) is 4.39 Å². The minimum absolute atomic E-state index is 0.102. The van der Waals surface area contributed by atoms with Crippen LogP contribution in [0.25, 0.3) is 0 Å². The van der Waals surface area contributed by atoms with E-state index in [4.69, 9.17) is 0 Å². The fraction of sp³-hybridized carbons (Fsp3) is 0.625. The number of nitrogens with zero attached hydrogens (tertiary/aromatic N) is 2. The van der Waals surface area contributed by atoms with E-state index in [0.29, 0.717) is 12.6 Å². The van der Waals surface area contributed by atoms with Gasteiger partial charge in [0.15, 0.2) is 0 Å². The Morgan fingerprint density at radius 3 is 2.50 bits per heavy atom. The lowest BCUT2D eigenvalue weighted by Gasteiger charge is -2.39. The first kappa shape index (κ1) is 15.3. The van der Waals surface area contributed by atoms with Crippen molar-refractivity contribution in [2.75, 3.05) is 38.1 Å². The van der Waals surface area contributed by atoms with E-state index in [2.05, 4.69) is 29.0 Å². The smallest absolute Gasteiger partial charge is 0.146 e. The minimum atomic E-state index is -0.102. The molecule has 0 saturated carbocycles. The second-order valence-corrected chi connectivity index (χ2v) is 5.60. The van der Waals surface area contributed by atoms with E-state index in [0.717, 1.165) is 37.4 Å². The minimum Gasteiger partial charge on any atom is -0.367 e. The van der Waals surface area contributed by atoms with Crippen LogP contribution < -0.4 is 10.2 Å². The molecule has 1 unspecified atom stereocenters. The second kappa shape index (κ2) is 7.04. The molecule has 1 fully saturated rings. The van der Waals surface area contributed by atoms with Crippen LogP contribution in [0, 0.1) is 5.82 Å². The molecule has 1 aliphatic heterocycles. The largest absolute Gasteiger partial charge is 0.367 e. The second-order valence-electron chi connectivity index (χ2n) is 5.60. The van der Waals surface area contributed by atoms with Gasteiger partial charge in [-0.25, -0.2) is 4.39 Å². The van der Waals surface area contributed by atoms with Crippen LogP contribution >= 0.6 is 0 Å². The van der Waals surface area contributed by atoms with Gasteiger partial charge in [-0.05, 0) is 38.1 Å². The lowest BCUT2D eigenvalue weighted by Crippen LogP contribution is -2.49. The molecule has 112 valence electrons. The molecular weight excluding hydrogens is 253 g/mol. The number of anilines is 1. The van der Waals surface area contributed by atoms with Crippen LogP contribution in [-0.4, -0.2) is 44.2 Å². The highest BCUT2D eigenvalue weighted by molar-refractivity contribution is 5.49. The first-order chi connectivity index (χ1) is 9.65. The molecule has 1 heterocycles. The zero-order chi connectivity index (χ0) is 14.5. The molecular formula is C16H26FN3. The standard InChI is InChI=1S/C16H26FN3/c1-4-13(2)19-7-9-20(10-8-19)16-6-5-14(12-18-3)11-15(16)17/h5-6,11,13,18H,4,7-10,12H2,1-3H3. The molecule has 1 aromatic rings. The summed E-state index contributed by atoms with van der Waals surface area (Å²) in [6.07, 6.45) is 1.17. The number of piperazine rings is 1. The van der Waals surface area contributed by atoms with Crippen LogP contribution in [0.2, 0.25) is 0 Å². The van der Waals surface area contributed by atoms with Crippen molar-refractivity contribution in [3.63, 3.8) is 0 Å². The number of hydrogen-bond acceptors (Lipinski definition) is 3. The highest BCUT2D eigenvalue weighted by Crippen LogP contribution is 2.22. The molecule has 0 spiro atoms. The van der Waals surface area contributed by atoms with Gasteiger partial charge in [-0.15, -0.1) is 0 Å². The molecule has 20 heavy (non-hydrogen) atoms. The van der Waals surface area contributed by atoms with Crippen LogP contribution in [0.4, 0.5) is 10.1 Å². The van der Waals surface area contributed by atoms with Crippen LogP contribution in [-0.2, 0) is 6.54 Å². The molecule has 3 nitrogen and oxygen atoms in total. The molecule has 2 rings (SSSR count). The predicted octanol–water partition coefficient (Wildman–Crippen LogP) is 2.47. The van der Waals surface area contributed by atoms with E-state index in [-0.39, 0.29) is 5.82 Å². The third-order valence-corrected chi connectivity index (χ3v) is 4.26. The predicted molar refractivity (Wildman–Crippen MR) is 82.7 cm³/mol. The molecule has 0 aliphatic carbocycles. The SMILES string of the molecule is CCC(C)N1CCN(c2ccc(CNC)cc2F)CC1. The summed E-state index contributed by atoms with van der Waals surface area (Å²) in [6, 6.07) is 6.20. The molecule has 1 saturated heterocycles. The Balaban J connectivity index is 2.00. The highest BCUT2D eigenvalue weighted by atomic mass is 19.1. The Morgan fingerprint density at radius 2 is 1.95 bits per heavy atom.